The van der Waals surface area contributed by atoms with Crippen molar-refractivity contribution in [1.29, 1.82) is 0 Å². The van der Waals surface area contributed by atoms with Crippen molar-refractivity contribution in [3.8, 4) is 11.5 Å². The van der Waals surface area contributed by atoms with Crippen LogP contribution in [0, 0.1) is 5.82 Å². The first kappa shape index (κ1) is 21.3. The SMILES string of the molecule is C[C@H](CNc1ncc(C(=O)O)c(COc2ccc(F)cc2)n1)Oc1ccccc1Cl. The maximum Gasteiger partial charge on any atom is 0.339 e. The van der Waals surface area contributed by atoms with E-state index in [9.17, 15) is 14.3 Å². The molecule has 0 saturated carbocycles. The molecule has 0 fully saturated rings. The van der Waals surface area contributed by atoms with Crippen LogP contribution in [0.15, 0.2) is 54.7 Å². The number of rotatable bonds is 9. The zero-order valence-corrected chi connectivity index (χ0v) is 16.8. The quantitative estimate of drug-likeness (QED) is 0.517. The predicted octanol–water partition coefficient (Wildman–Crippen LogP) is 4.43. The number of aromatic carboxylic acids is 1. The highest BCUT2D eigenvalue weighted by Crippen LogP contribution is 2.24. The second kappa shape index (κ2) is 9.89. The standard InChI is InChI=1S/C21H19ClFN3O4/c1-13(30-19-5-3-2-4-17(19)22)10-24-21-25-11-16(20(27)28)18(26-21)12-29-15-8-6-14(23)7-9-15/h2-9,11,13H,10,12H2,1H3,(H,27,28)(H,24,25,26)/t13-/m1/s1. The zero-order chi connectivity index (χ0) is 21.5. The van der Waals surface area contributed by atoms with E-state index in [2.05, 4.69) is 15.3 Å². The Balaban J connectivity index is 1.65. The van der Waals surface area contributed by atoms with Crippen molar-refractivity contribution in [3.63, 3.8) is 0 Å². The number of benzene rings is 2. The average Bonchev–Trinajstić information content (AvgIpc) is 2.73. The van der Waals surface area contributed by atoms with Crippen molar-refractivity contribution in [3.05, 3.63) is 76.8 Å². The summed E-state index contributed by atoms with van der Waals surface area (Å²) in [5, 5.41) is 12.9. The number of hydrogen-bond acceptors (Lipinski definition) is 6. The molecule has 30 heavy (non-hydrogen) atoms. The molecule has 0 amide bonds. The van der Waals surface area contributed by atoms with Gasteiger partial charge >= 0.3 is 5.97 Å². The summed E-state index contributed by atoms with van der Waals surface area (Å²) in [4.78, 5) is 19.7. The van der Waals surface area contributed by atoms with Gasteiger partial charge in [-0.05, 0) is 43.3 Å². The van der Waals surface area contributed by atoms with E-state index in [1.807, 2.05) is 19.1 Å². The van der Waals surface area contributed by atoms with Gasteiger partial charge in [-0.3, -0.25) is 0 Å². The first-order valence-corrected chi connectivity index (χ1v) is 9.43. The molecule has 0 aliphatic heterocycles. The molecule has 1 heterocycles. The van der Waals surface area contributed by atoms with Gasteiger partial charge in [-0.1, -0.05) is 23.7 Å². The molecule has 0 aliphatic carbocycles. The van der Waals surface area contributed by atoms with Gasteiger partial charge in [0.1, 0.15) is 35.6 Å². The molecule has 9 heteroatoms. The third kappa shape index (κ3) is 5.81. The Morgan fingerprint density at radius 3 is 2.67 bits per heavy atom. The van der Waals surface area contributed by atoms with E-state index >= 15 is 0 Å². The average molecular weight is 432 g/mol. The van der Waals surface area contributed by atoms with Crippen molar-refractivity contribution in [2.75, 3.05) is 11.9 Å². The van der Waals surface area contributed by atoms with Crippen molar-refractivity contribution >= 4 is 23.5 Å². The number of halogens is 2. The van der Waals surface area contributed by atoms with Gasteiger partial charge in [0.15, 0.2) is 0 Å². The van der Waals surface area contributed by atoms with Crippen LogP contribution in [0.1, 0.15) is 23.0 Å². The lowest BCUT2D eigenvalue weighted by Gasteiger charge is -2.17. The summed E-state index contributed by atoms with van der Waals surface area (Å²) in [6.07, 6.45) is 0.951. The lowest BCUT2D eigenvalue weighted by molar-refractivity contribution is 0.0692. The molecule has 3 rings (SSSR count). The molecular formula is C21H19ClFN3O4. The number of carboxylic acids is 1. The molecular weight excluding hydrogens is 413 g/mol. The Bertz CT molecular complexity index is 1020. The number of para-hydroxylation sites is 1. The Morgan fingerprint density at radius 2 is 1.97 bits per heavy atom. The number of aromatic nitrogens is 2. The number of carbonyl (C=O) groups is 1. The van der Waals surface area contributed by atoms with Gasteiger partial charge in [0, 0.05) is 6.20 Å². The Labute approximate surface area is 177 Å². The van der Waals surface area contributed by atoms with Crippen molar-refractivity contribution in [1.82, 2.24) is 9.97 Å². The van der Waals surface area contributed by atoms with Crippen LogP contribution < -0.4 is 14.8 Å². The highest BCUT2D eigenvalue weighted by molar-refractivity contribution is 6.32. The second-order valence-corrected chi connectivity index (χ2v) is 6.75. The predicted molar refractivity (Wildman–Crippen MR) is 110 cm³/mol. The molecule has 1 atom stereocenters. The number of ether oxygens (including phenoxy) is 2. The fraction of sp³-hybridized carbons (Fsp3) is 0.190. The van der Waals surface area contributed by atoms with Gasteiger partial charge < -0.3 is 19.9 Å². The number of carboxylic acid groups (broad SMARTS) is 1. The molecule has 0 unspecified atom stereocenters. The monoisotopic (exact) mass is 431 g/mol. The van der Waals surface area contributed by atoms with E-state index < -0.39 is 11.8 Å². The molecule has 7 nitrogen and oxygen atoms in total. The van der Waals surface area contributed by atoms with Crippen molar-refractivity contribution in [2.24, 2.45) is 0 Å². The zero-order valence-electron chi connectivity index (χ0n) is 16.0. The van der Waals surface area contributed by atoms with E-state index in [4.69, 9.17) is 21.1 Å². The summed E-state index contributed by atoms with van der Waals surface area (Å²) in [5.41, 5.74) is 0.104. The smallest absolute Gasteiger partial charge is 0.339 e. The van der Waals surface area contributed by atoms with Crippen LogP contribution in [0.2, 0.25) is 5.02 Å². The van der Waals surface area contributed by atoms with E-state index in [1.165, 1.54) is 30.5 Å². The Morgan fingerprint density at radius 1 is 1.23 bits per heavy atom. The molecule has 0 spiro atoms. The number of hydrogen-bond donors (Lipinski definition) is 2. The van der Waals surface area contributed by atoms with E-state index in [1.54, 1.807) is 12.1 Å². The first-order chi connectivity index (χ1) is 14.4. The largest absolute Gasteiger partial charge is 0.487 e. The van der Waals surface area contributed by atoms with Crippen LogP contribution in [0.25, 0.3) is 0 Å². The molecule has 3 aromatic rings. The summed E-state index contributed by atoms with van der Waals surface area (Å²) < 4.78 is 24.3. The summed E-state index contributed by atoms with van der Waals surface area (Å²) in [7, 11) is 0. The minimum atomic E-state index is -1.17. The van der Waals surface area contributed by atoms with Gasteiger partial charge in [-0.2, -0.15) is 0 Å². The highest BCUT2D eigenvalue weighted by Gasteiger charge is 2.15. The molecule has 2 aromatic carbocycles. The van der Waals surface area contributed by atoms with E-state index in [0.29, 0.717) is 23.1 Å². The van der Waals surface area contributed by atoms with Gasteiger partial charge in [0.2, 0.25) is 5.95 Å². The minimum absolute atomic E-state index is 0.0805. The van der Waals surface area contributed by atoms with Crippen LogP contribution in [0.5, 0.6) is 11.5 Å². The molecule has 0 radical (unpaired) electrons. The summed E-state index contributed by atoms with van der Waals surface area (Å²) in [6, 6.07) is 12.5. The van der Waals surface area contributed by atoms with Crippen LogP contribution in [-0.2, 0) is 6.61 Å². The number of nitrogens with zero attached hydrogens (tertiary/aromatic N) is 2. The lowest BCUT2D eigenvalue weighted by Crippen LogP contribution is -2.24. The fourth-order valence-corrected chi connectivity index (χ4v) is 2.69. The molecule has 0 saturated heterocycles. The number of anilines is 1. The molecule has 0 bridgehead atoms. The Kier molecular flexibility index (Phi) is 7.03. The normalized spacial score (nSPS) is 11.6. The van der Waals surface area contributed by atoms with Gasteiger partial charge in [-0.15, -0.1) is 0 Å². The third-order valence-electron chi connectivity index (χ3n) is 4.00. The molecule has 0 aliphatic rings. The lowest BCUT2D eigenvalue weighted by atomic mass is 10.2. The van der Waals surface area contributed by atoms with Gasteiger partial charge in [-0.25, -0.2) is 19.2 Å². The number of nitrogens with one attached hydrogen (secondary N) is 1. The van der Waals surface area contributed by atoms with Crippen molar-refractivity contribution < 1.29 is 23.8 Å². The van der Waals surface area contributed by atoms with Crippen LogP contribution in [-0.4, -0.2) is 33.7 Å². The second-order valence-electron chi connectivity index (χ2n) is 6.34. The van der Waals surface area contributed by atoms with Crippen LogP contribution in [0.3, 0.4) is 0 Å². The first-order valence-electron chi connectivity index (χ1n) is 9.05. The third-order valence-corrected chi connectivity index (χ3v) is 4.31. The van der Waals surface area contributed by atoms with Crippen molar-refractivity contribution in [2.45, 2.75) is 19.6 Å². The van der Waals surface area contributed by atoms with Gasteiger partial charge in [0.05, 0.1) is 17.3 Å². The molecule has 156 valence electrons. The summed E-state index contributed by atoms with van der Waals surface area (Å²) >= 11 is 6.09. The molecule has 1 aromatic heterocycles. The van der Waals surface area contributed by atoms with E-state index in [-0.39, 0.29) is 29.9 Å². The topological polar surface area (TPSA) is 93.6 Å². The fourth-order valence-electron chi connectivity index (χ4n) is 2.51. The van der Waals surface area contributed by atoms with Gasteiger partial charge in [0.25, 0.3) is 0 Å². The Hall–Kier alpha value is -3.39. The van der Waals surface area contributed by atoms with E-state index in [0.717, 1.165) is 0 Å². The maximum atomic E-state index is 13.0. The summed E-state index contributed by atoms with van der Waals surface area (Å²) in [5.74, 6) is -0.385. The minimum Gasteiger partial charge on any atom is -0.487 e. The highest BCUT2D eigenvalue weighted by atomic mass is 35.5. The molecule has 2 N–H and O–H groups in total. The summed E-state index contributed by atoms with van der Waals surface area (Å²) in [6.45, 7) is 2.09. The van der Waals surface area contributed by atoms with Crippen LogP contribution >= 0.6 is 11.6 Å². The van der Waals surface area contributed by atoms with Crippen LogP contribution in [0.4, 0.5) is 10.3 Å². The maximum absolute atomic E-state index is 13.0.